The third-order valence-electron chi connectivity index (χ3n) is 14.5. The van der Waals surface area contributed by atoms with Gasteiger partial charge in [-0.3, -0.25) is 19.5 Å². The van der Waals surface area contributed by atoms with E-state index in [0.717, 1.165) is 99.0 Å². The van der Waals surface area contributed by atoms with Gasteiger partial charge in [-0.15, -0.1) is 52.1 Å². The van der Waals surface area contributed by atoms with Gasteiger partial charge in [0.2, 0.25) is 0 Å². The number of benzene rings is 3. The Bertz CT molecular complexity index is 2680. The predicted molar refractivity (Wildman–Crippen MR) is 339 cm³/mol. The number of methoxy groups -OCH3 is 2. The molecule has 0 saturated carbocycles. The van der Waals surface area contributed by atoms with Crippen molar-refractivity contribution in [3.05, 3.63) is 130 Å². The summed E-state index contributed by atoms with van der Waals surface area (Å²) < 4.78 is 29.5. The fraction of sp³-hybridized carbons (Fsp3) is 0.500. The molecular formula is C60H82BrCl2N9O12S2. The van der Waals surface area contributed by atoms with Crippen molar-refractivity contribution in [2.75, 3.05) is 58.4 Å². The zero-order valence-electron chi connectivity index (χ0n) is 48.8. The standard InChI is InChI=1S/C16H19N3O2S.C15H19NO4.C14H16ClNO4.C8H13N3S.C7H13NO2.BrH.ClH/c17-15-18-13(11-22-15)14-8-4-5-9-19(14)16(20)21-10-12-6-2-1-3-7-12;1-19-14(17)13-9-5-6-10-16(13)15(18)20-11-12-7-3-2-4-8-12;15-20-13(17)12-8-4-5-9-16(12)14(18)19-10-11-6-2-1-3-7-11;9-8-11-7(5-12-8)6-3-1-2-4-10-6;1-10-7(9)6-4-2-3-5-8-6;;/h1-3,6-7,11,14H,4-5,8-10H2,(H2,17,18);2-4,7-8,13H,5-6,9-11H2,1H3;1-3,6-7,12H,4-5,8-10H2;5-6,10H,1-4H2,(H2,9,11);6,8H,2-5H2,1H3;2*1H. The Morgan fingerprint density at radius 3 is 1.34 bits per heavy atom. The van der Waals surface area contributed by atoms with Crippen molar-refractivity contribution in [2.45, 2.75) is 146 Å². The van der Waals surface area contributed by atoms with Gasteiger partial charge in [0.25, 0.3) is 0 Å². The van der Waals surface area contributed by atoms with Gasteiger partial charge < -0.3 is 50.1 Å². The highest BCUT2D eigenvalue weighted by Gasteiger charge is 2.36. The summed E-state index contributed by atoms with van der Waals surface area (Å²) in [7, 11) is 2.77. The van der Waals surface area contributed by atoms with Gasteiger partial charge in [0, 0.05) is 30.4 Å². The fourth-order valence-electron chi connectivity index (χ4n) is 10.1. The summed E-state index contributed by atoms with van der Waals surface area (Å²) in [4.78, 5) is 83.9. The lowest BCUT2D eigenvalue weighted by molar-refractivity contribution is -0.147. The van der Waals surface area contributed by atoms with E-state index in [1.54, 1.807) is 4.90 Å². The molecule has 21 nitrogen and oxygen atoms in total. The van der Waals surface area contributed by atoms with Gasteiger partial charge in [-0.1, -0.05) is 104 Å². The number of amides is 3. The number of piperidine rings is 5. The number of nitrogen functional groups attached to an aromatic ring is 2. The van der Waals surface area contributed by atoms with E-state index < -0.39 is 30.2 Å². The van der Waals surface area contributed by atoms with Crippen LogP contribution in [-0.4, -0.2) is 126 Å². The number of nitrogens with zero attached hydrogens (tertiary/aromatic N) is 5. The molecule has 6 N–H and O–H groups in total. The summed E-state index contributed by atoms with van der Waals surface area (Å²) in [6.45, 7) is 4.46. The van der Waals surface area contributed by atoms with E-state index in [4.69, 9.17) is 42.3 Å². The van der Waals surface area contributed by atoms with Crippen LogP contribution in [0, 0.1) is 0 Å². The number of carbonyl (C=O) groups is 6. The highest BCUT2D eigenvalue weighted by molar-refractivity contribution is 8.93. The molecule has 0 aliphatic carbocycles. The van der Waals surface area contributed by atoms with E-state index in [0.29, 0.717) is 55.4 Å². The Balaban J connectivity index is 0.000000235. The van der Waals surface area contributed by atoms with Crippen LogP contribution in [0.4, 0.5) is 24.6 Å². The molecule has 3 aromatic carbocycles. The number of carbonyl (C=O) groups excluding carboxylic acids is 6. The second-order valence-electron chi connectivity index (χ2n) is 20.4. The van der Waals surface area contributed by atoms with Gasteiger partial charge >= 0.3 is 36.2 Å². The van der Waals surface area contributed by atoms with E-state index in [-0.39, 0.29) is 72.7 Å². The Morgan fingerprint density at radius 1 is 0.523 bits per heavy atom. The number of ether oxygens (including phenoxy) is 5. The average Bonchev–Trinajstić information content (AvgIpc) is 3.56. The number of nitrogens with two attached hydrogens (primary N) is 2. The molecule has 5 aromatic rings. The average molecular weight is 1340 g/mol. The second kappa shape index (κ2) is 40.2. The van der Waals surface area contributed by atoms with Crippen molar-refractivity contribution < 1.29 is 56.7 Å². The number of aromatic nitrogens is 2. The third kappa shape index (κ3) is 24.1. The Kier molecular flexibility index (Phi) is 33.8. The lowest BCUT2D eigenvalue weighted by Gasteiger charge is -2.33. The summed E-state index contributed by atoms with van der Waals surface area (Å²) in [5.74, 6) is -1.11. The lowest BCUT2D eigenvalue weighted by atomic mass is 10.0. The fourth-order valence-corrected chi connectivity index (χ4v) is 11.4. The minimum Gasteiger partial charge on any atom is -0.468 e. The number of hydrogen-bond donors (Lipinski definition) is 4. The van der Waals surface area contributed by atoms with Crippen molar-refractivity contribution in [1.29, 1.82) is 0 Å². The van der Waals surface area contributed by atoms with E-state index in [9.17, 15) is 28.8 Å². The van der Waals surface area contributed by atoms with E-state index in [1.165, 1.54) is 72.4 Å². The smallest absolute Gasteiger partial charge is 0.410 e. The van der Waals surface area contributed by atoms with Crippen LogP contribution < -0.4 is 22.1 Å². The highest BCUT2D eigenvalue weighted by Crippen LogP contribution is 2.33. The van der Waals surface area contributed by atoms with Crippen LogP contribution in [0.1, 0.15) is 136 Å². The van der Waals surface area contributed by atoms with Gasteiger partial charge in [-0.25, -0.2) is 33.9 Å². The number of esters is 2. The van der Waals surface area contributed by atoms with Crippen LogP contribution in [0.5, 0.6) is 0 Å². The minimum atomic E-state index is -0.649. The van der Waals surface area contributed by atoms with E-state index in [2.05, 4.69) is 35.0 Å². The highest BCUT2D eigenvalue weighted by atomic mass is 79.9. The second-order valence-corrected chi connectivity index (χ2v) is 22.3. The summed E-state index contributed by atoms with van der Waals surface area (Å²) >= 11 is 8.03. The number of halogens is 3. The first-order chi connectivity index (χ1) is 40.9. The molecule has 0 radical (unpaired) electrons. The molecule has 5 aliphatic rings. The van der Waals surface area contributed by atoms with Crippen LogP contribution in [0.2, 0.25) is 0 Å². The molecule has 0 spiro atoms. The first-order valence-corrected chi connectivity index (χ1v) is 30.7. The molecule has 5 atom stereocenters. The Morgan fingerprint density at radius 2 is 0.930 bits per heavy atom. The summed E-state index contributed by atoms with van der Waals surface area (Å²) in [5.41, 5.74) is 16.1. The van der Waals surface area contributed by atoms with Gasteiger partial charge in [0.1, 0.15) is 49.8 Å². The number of anilines is 2. The number of likely N-dealkylation sites (tertiary alicyclic amines) is 3. The largest absolute Gasteiger partial charge is 0.468 e. The summed E-state index contributed by atoms with van der Waals surface area (Å²) in [5, 5.41) is 11.7. The van der Waals surface area contributed by atoms with Gasteiger partial charge in [0.05, 0.1) is 37.7 Å². The first-order valence-electron chi connectivity index (χ1n) is 28.7. The molecule has 472 valence electrons. The van der Waals surface area contributed by atoms with Crippen LogP contribution in [0.25, 0.3) is 0 Å². The molecule has 0 bridgehead atoms. The Hall–Kier alpha value is -6.28. The van der Waals surface area contributed by atoms with Crippen molar-refractivity contribution in [3.63, 3.8) is 0 Å². The van der Waals surface area contributed by atoms with Crippen molar-refractivity contribution in [3.8, 4) is 0 Å². The molecule has 3 amide bonds. The summed E-state index contributed by atoms with van der Waals surface area (Å²) in [6, 6.07) is 27.8. The molecule has 7 heterocycles. The van der Waals surface area contributed by atoms with Crippen molar-refractivity contribution >= 4 is 110 Å². The maximum atomic E-state index is 12.4. The normalized spacial score (nSPS) is 19.6. The molecule has 2 aromatic heterocycles. The van der Waals surface area contributed by atoms with E-state index in [1.807, 2.05) is 96.4 Å². The molecule has 5 aliphatic heterocycles. The number of thiazole rings is 2. The SMILES string of the molecule is Br.COC(=O)C1CCCCN1.COC(=O)C1CCCCN1C(=O)OCc1ccccc1.Cl.Nc1nc(C2CCCCN2)cs1.Nc1nc(C2CCCCN2C(=O)OCc2ccccc2)cs1.O=C(OCl)C1CCCCN1C(=O)OCc1ccccc1. The van der Waals surface area contributed by atoms with Gasteiger partial charge in [0.15, 0.2) is 10.3 Å². The first kappa shape index (κ1) is 72.2. The Labute approximate surface area is 533 Å². The van der Waals surface area contributed by atoms with Crippen molar-refractivity contribution in [2.24, 2.45) is 0 Å². The molecule has 5 fully saturated rings. The minimum absolute atomic E-state index is 0. The molecule has 86 heavy (non-hydrogen) atoms. The molecule has 10 rings (SSSR count). The lowest BCUT2D eigenvalue weighted by Crippen LogP contribution is -2.48. The van der Waals surface area contributed by atoms with Crippen LogP contribution in [0.15, 0.2) is 102 Å². The van der Waals surface area contributed by atoms with Crippen LogP contribution in [0.3, 0.4) is 0 Å². The zero-order chi connectivity index (χ0) is 59.9. The maximum Gasteiger partial charge on any atom is 0.410 e. The number of rotatable bonds is 11. The predicted octanol–water partition coefficient (Wildman–Crippen LogP) is 11.7. The van der Waals surface area contributed by atoms with Crippen LogP contribution >= 0.6 is 63.9 Å². The van der Waals surface area contributed by atoms with Crippen molar-refractivity contribution in [1.82, 2.24) is 35.3 Å². The molecule has 5 unspecified atom stereocenters. The quantitative estimate of drug-likeness (QED) is 0.0707. The zero-order valence-corrected chi connectivity index (χ0v) is 53.7. The molecule has 26 heteroatoms. The summed E-state index contributed by atoms with van der Waals surface area (Å²) in [6.07, 6.45) is 13.4. The van der Waals surface area contributed by atoms with E-state index >= 15 is 0 Å². The van der Waals surface area contributed by atoms with Gasteiger partial charge in [-0.2, -0.15) is 0 Å². The van der Waals surface area contributed by atoms with Crippen LogP contribution in [-0.2, 0) is 62.2 Å². The maximum absolute atomic E-state index is 12.4. The monoisotopic (exact) mass is 1330 g/mol. The van der Waals surface area contributed by atoms with Gasteiger partial charge in [-0.05, 0) is 113 Å². The molecular weight excluding hydrogens is 1250 g/mol. The molecule has 5 saturated heterocycles. The third-order valence-corrected chi connectivity index (χ3v) is 16.1. The topological polar surface area (TPSA) is 269 Å². The number of nitrogens with one attached hydrogen (secondary N) is 2. The number of hydrogen-bond acceptors (Lipinski definition) is 20.